The van der Waals surface area contributed by atoms with Crippen molar-refractivity contribution in [3.8, 4) is 0 Å². The highest BCUT2D eigenvalue weighted by molar-refractivity contribution is 7.89. The van der Waals surface area contributed by atoms with Gasteiger partial charge in [-0.15, -0.1) is 0 Å². The Labute approximate surface area is 174 Å². The first-order chi connectivity index (χ1) is 13.6. The Morgan fingerprint density at radius 3 is 2.41 bits per heavy atom. The summed E-state index contributed by atoms with van der Waals surface area (Å²) in [5, 5.41) is 11.2. The molecule has 2 saturated heterocycles. The van der Waals surface area contributed by atoms with Crippen molar-refractivity contribution in [1.29, 1.82) is 5.41 Å². The van der Waals surface area contributed by atoms with Crippen molar-refractivity contribution in [2.75, 3.05) is 19.6 Å². The van der Waals surface area contributed by atoms with Crippen LogP contribution in [-0.4, -0.2) is 54.7 Å². The van der Waals surface area contributed by atoms with E-state index in [0.717, 1.165) is 19.3 Å². The third-order valence-corrected chi connectivity index (χ3v) is 7.83. The van der Waals surface area contributed by atoms with Crippen molar-refractivity contribution >= 4 is 21.9 Å². The van der Waals surface area contributed by atoms with Crippen molar-refractivity contribution in [2.45, 2.75) is 56.9 Å². The fourth-order valence-corrected chi connectivity index (χ4v) is 5.93. The zero-order valence-corrected chi connectivity index (χ0v) is 18.3. The van der Waals surface area contributed by atoms with Gasteiger partial charge in [-0.2, -0.15) is 4.31 Å². The molecule has 160 valence electrons. The molecule has 3 rings (SSSR count). The molecule has 2 aliphatic rings. The molecule has 0 spiro atoms. The van der Waals surface area contributed by atoms with Crippen LogP contribution in [0.15, 0.2) is 35.2 Å². The fraction of sp³-hybridized carbons (Fsp3) is 0.619. The van der Waals surface area contributed by atoms with Gasteiger partial charge in [-0.05, 0) is 56.6 Å². The number of hydrogen-bond donors (Lipinski definition) is 2. The number of guanidine groups is 1. The largest absolute Gasteiger partial charge is 0.342 e. The standard InChI is InChI=1S/C21H32N4O3S/c1-16(2)15-21(3)19(26)25(20(22)23-21)14-11-17-9-12-24(13-10-17)29(27,28)18-7-5-4-6-8-18/h4-8,16-17H,9-15H2,1-3H3,(H2,22,23). The summed E-state index contributed by atoms with van der Waals surface area (Å²) in [5.74, 6) is 0.873. The van der Waals surface area contributed by atoms with Crippen LogP contribution in [0, 0.1) is 17.2 Å². The maximum atomic E-state index is 12.8. The van der Waals surface area contributed by atoms with E-state index in [1.54, 1.807) is 33.5 Å². The number of hydrogen-bond acceptors (Lipinski definition) is 4. The van der Waals surface area contributed by atoms with E-state index in [1.165, 1.54) is 0 Å². The van der Waals surface area contributed by atoms with Crippen LogP contribution in [0.4, 0.5) is 0 Å². The fourth-order valence-electron chi connectivity index (χ4n) is 4.44. The van der Waals surface area contributed by atoms with Gasteiger partial charge in [0, 0.05) is 19.6 Å². The summed E-state index contributed by atoms with van der Waals surface area (Å²) in [6, 6.07) is 8.55. The van der Waals surface area contributed by atoms with Crippen molar-refractivity contribution in [3.63, 3.8) is 0 Å². The van der Waals surface area contributed by atoms with Gasteiger partial charge in [0.2, 0.25) is 10.0 Å². The molecular formula is C21H32N4O3S. The number of nitrogens with zero attached hydrogens (tertiary/aromatic N) is 2. The molecule has 0 saturated carbocycles. The summed E-state index contributed by atoms with van der Waals surface area (Å²) in [7, 11) is -3.44. The second-order valence-corrected chi connectivity index (χ2v) is 10.7. The molecule has 2 heterocycles. The molecule has 8 heteroatoms. The number of piperidine rings is 1. The lowest BCUT2D eigenvalue weighted by molar-refractivity contribution is -0.131. The summed E-state index contributed by atoms with van der Waals surface area (Å²) in [6.45, 7) is 7.52. The highest BCUT2D eigenvalue weighted by Crippen LogP contribution is 2.28. The van der Waals surface area contributed by atoms with Gasteiger partial charge in [-0.25, -0.2) is 8.42 Å². The molecule has 29 heavy (non-hydrogen) atoms. The van der Waals surface area contributed by atoms with Crippen molar-refractivity contribution in [3.05, 3.63) is 30.3 Å². The number of sulfonamides is 1. The van der Waals surface area contributed by atoms with Gasteiger partial charge < -0.3 is 5.32 Å². The second kappa shape index (κ2) is 8.44. The lowest BCUT2D eigenvalue weighted by atomic mass is 9.90. The molecule has 1 amide bonds. The first-order valence-electron chi connectivity index (χ1n) is 10.4. The molecule has 2 fully saturated rings. The molecule has 1 unspecified atom stereocenters. The second-order valence-electron chi connectivity index (χ2n) is 8.81. The quantitative estimate of drug-likeness (QED) is 0.709. The summed E-state index contributed by atoms with van der Waals surface area (Å²) < 4.78 is 27.0. The molecule has 1 atom stereocenters. The first kappa shape index (κ1) is 21.8. The SMILES string of the molecule is CC(C)CC1(C)NC(=N)N(CCC2CCN(S(=O)(=O)c3ccccc3)CC2)C1=O. The van der Waals surface area contributed by atoms with Crippen LogP contribution in [0.25, 0.3) is 0 Å². The molecular weight excluding hydrogens is 388 g/mol. The van der Waals surface area contributed by atoms with E-state index in [0.29, 0.717) is 42.8 Å². The Morgan fingerprint density at radius 2 is 1.83 bits per heavy atom. The molecule has 0 radical (unpaired) electrons. The Hall–Kier alpha value is -1.93. The van der Waals surface area contributed by atoms with E-state index in [9.17, 15) is 13.2 Å². The molecule has 0 bridgehead atoms. The van der Waals surface area contributed by atoms with Crippen molar-refractivity contribution < 1.29 is 13.2 Å². The van der Waals surface area contributed by atoms with Crippen LogP contribution in [0.1, 0.15) is 46.5 Å². The van der Waals surface area contributed by atoms with E-state index in [2.05, 4.69) is 19.2 Å². The number of carbonyl (C=O) groups is 1. The maximum absolute atomic E-state index is 12.8. The van der Waals surface area contributed by atoms with E-state index < -0.39 is 15.6 Å². The molecule has 1 aromatic carbocycles. The van der Waals surface area contributed by atoms with Crippen LogP contribution in [-0.2, 0) is 14.8 Å². The van der Waals surface area contributed by atoms with Gasteiger partial charge in [-0.1, -0.05) is 32.0 Å². The van der Waals surface area contributed by atoms with Gasteiger partial charge >= 0.3 is 0 Å². The maximum Gasteiger partial charge on any atom is 0.254 e. The number of benzene rings is 1. The Balaban J connectivity index is 1.53. The topological polar surface area (TPSA) is 93.6 Å². The van der Waals surface area contributed by atoms with Crippen LogP contribution in [0.2, 0.25) is 0 Å². The van der Waals surface area contributed by atoms with Crippen LogP contribution < -0.4 is 5.32 Å². The molecule has 1 aromatic rings. The summed E-state index contributed by atoms with van der Waals surface area (Å²) in [4.78, 5) is 14.7. The number of nitrogens with one attached hydrogen (secondary N) is 2. The Morgan fingerprint density at radius 1 is 1.21 bits per heavy atom. The zero-order chi connectivity index (χ0) is 21.2. The monoisotopic (exact) mass is 420 g/mol. The predicted molar refractivity (Wildman–Crippen MR) is 113 cm³/mol. The first-order valence-corrected chi connectivity index (χ1v) is 11.8. The lowest BCUT2D eigenvalue weighted by Gasteiger charge is -2.32. The van der Waals surface area contributed by atoms with Gasteiger partial charge in [0.05, 0.1) is 4.90 Å². The van der Waals surface area contributed by atoms with E-state index in [4.69, 9.17) is 5.41 Å². The third-order valence-electron chi connectivity index (χ3n) is 5.91. The number of carbonyl (C=O) groups excluding carboxylic acids is 1. The average molecular weight is 421 g/mol. The van der Waals surface area contributed by atoms with Crippen LogP contribution in [0.3, 0.4) is 0 Å². The minimum Gasteiger partial charge on any atom is -0.342 e. The predicted octanol–water partition coefficient (Wildman–Crippen LogP) is 2.65. The minimum absolute atomic E-state index is 0.0275. The highest BCUT2D eigenvalue weighted by Gasteiger charge is 2.45. The van der Waals surface area contributed by atoms with Crippen molar-refractivity contribution in [2.24, 2.45) is 11.8 Å². The summed E-state index contributed by atoms with van der Waals surface area (Å²) in [6.07, 6.45) is 3.03. The van der Waals surface area contributed by atoms with E-state index >= 15 is 0 Å². The third kappa shape index (κ3) is 4.64. The number of rotatable bonds is 7. The lowest BCUT2D eigenvalue weighted by Crippen LogP contribution is -2.45. The smallest absolute Gasteiger partial charge is 0.254 e. The molecule has 0 aromatic heterocycles. The van der Waals surface area contributed by atoms with Crippen molar-refractivity contribution in [1.82, 2.24) is 14.5 Å². The van der Waals surface area contributed by atoms with Crippen LogP contribution >= 0.6 is 0 Å². The van der Waals surface area contributed by atoms with E-state index in [1.807, 2.05) is 13.0 Å². The Bertz CT molecular complexity index is 848. The summed E-state index contributed by atoms with van der Waals surface area (Å²) >= 11 is 0. The minimum atomic E-state index is -3.44. The molecule has 7 nitrogen and oxygen atoms in total. The molecule has 0 aliphatic carbocycles. The van der Waals surface area contributed by atoms with Gasteiger partial charge in [-0.3, -0.25) is 15.1 Å². The van der Waals surface area contributed by atoms with Crippen LogP contribution in [0.5, 0.6) is 0 Å². The molecule has 2 N–H and O–H groups in total. The average Bonchev–Trinajstić information content (AvgIpc) is 2.88. The normalized spacial score (nSPS) is 24.3. The van der Waals surface area contributed by atoms with Gasteiger partial charge in [0.25, 0.3) is 5.91 Å². The summed E-state index contributed by atoms with van der Waals surface area (Å²) in [5.41, 5.74) is -0.696. The number of amides is 1. The van der Waals surface area contributed by atoms with E-state index in [-0.39, 0.29) is 11.9 Å². The highest BCUT2D eigenvalue weighted by atomic mass is 32.2. The Kier molecular flexibility index (Phi) is 6.33. The van der Waals surface area contributed by atoms with Gasteiger partial charge in [0.15, 0.2) is 5.96 Å². The zero-order valence-electron chi connectivity index (χ0n) is 17.5. The molecule has 2 aliphatic heterocycles. The van der Waals surface area contributed by atoms with Gasteiger partial charge in [0.1, 0.15) is 5.54 Å².